The molecule has 4 rings (SSSR count). The lowest BCUT2D eigenvalue weighted by molar-refractivity contribution is -0.151. The fraction of sp³-hybridized carbons (Fsp3) is 0.455. The first-order valence-corrected chi connectivity index (χ1v) is 13.8. The zero-order chi connectivity index (χ0) is 26.8. The minimum Gasteiger partial charge on any atom is -0.460 e. The van der Waals surface area contributed by atoms with E-state index >= 15 is 0 Å². The van der Waals surface area contributed by atoms with Gasteiger partial charge in [-0.1, -0.05) is 80.9 Å². The molecular weight excluding hydrogens is 456 g/mol. The van der Waals surface area contributed by atoms with Crippen LogP contribution in [-0.4, -0.2) is 28.9 Å². The Labute approximate surface area is 224 Å². The highest BCUT2D eigenvalue weighted by Crippen LogP contribution is 2.35. The van der Waals surface area contributed by atoms with Gasteiger partial charge in [-0.3, -0.25) is 4.79 Å². The van der Waals surface area contributed by atoms with Crippen molar-refractivity contribution < 1.29 is 9.53 Å². The molecule has 198 valence electrons. The van der Waals surface area contributed by atoms with Crippen LogP contribution in [0.3, 0.4) is 0 Å². The van der Waals surface area contributed by atoms with Crippen LogP contribution >= 0.6 is 0 Å². The highest BCUT2D eigenvalue weighted by Gasteiger charge is 2.27. The monoisotopic (exact) mass is 500 g/mol. The fourth-order valence-corrected chi connectivity index (χ4v) is 4.97. The summed E-state index contributed by atoms with van der Waals surface area (Å²) in [5.74, 6) is 0.875. The summed E-state index contributed by atoms with van der Waals surface area (Å²) in [6, 6.07) is 19.5. The molecule has 0 spiro atoms. The molecule has 0 unspecified atom stereocenters. The molecule has 1 aliphatic heterocycles. The molecule has 0 N–H and O–H groups in total. The first-order valence-electron chi connectivity index (χ1n) is 13.8. The SMILES string of the molecule is C=C1C2=C(CCCCCC2)N=C(c2ccccc2CC)N1CCc1ccccc1.CC(=O)OC(C)(C)C. The van der Waals surface area contributed by atoms with Crippen molar-refractivity contribution in [1.29, 1.82) is 0 Å². The summed E-state index contributed by atoms with van der Waals surface area (Å²) in [5, 5.41) is 0. The number of hydrogen-bond donors (Lipinski definition) is 0. The van der Waals surface area contributed by atoms with Crippen molar-refractivity contribution >= 4 is 11.8 Å². The molecule has 2 aromatic rings. The van der Waals surface area contributed by atoms with Crippen molar-refractivity contribution in [2.24, 2.45) is 4.99 Å². The molecule has 0 saturated heterocycles. The first-order chi connectivity index (χ1) is 17.7. The number of carbonyl (C=O) groups excluding carboxylic acids is 1. The van der Waals surface area contributed by atoms with E-state index in [0.717, 1.165) is 38.1 Å². The maximum atomic E-state index is 10.2. The van der Waals surface area contributed by atoms with Crippen LogP contribution in [0.25, 0.3) is 0 Å². The zero-order valence-corrected chi connectivity index (χ0v) is 23.5. The lowest BCUT2D eigenvalue weighted by Crippen LogP contribution is -2.37. The molecule has 0 saturated carbocycles. The highest BCUT2D eigenvalue weighted by atomic mass is 16.6. The van der Waals surface area contributed by atoms with Crippen molar-refractivity contribution in [3.63, 3.8) is 0 Å². The number of benzene rings is 2. The zero-order valence-electron chi connectivity index (χ0n) is 23.5. The van der Waals surface area contributed by atoms with E-state index < -0.39 is 0 Å². The number of carbonyl (C=O) groups is 1. The maximum Gasteiger partial charge on any atom is 0.303 e. The number of nitrogens with zero attached hydrogens (tertiary/aromatic N) is 2. The van der Waals surface area contributed by atoms with Crippen LogP contribution in [0.5, 0.6) is 0 Å². The van der Waals surface area contributed by atoms with Gasteiger partial charge in [0.15, 0.2) is 0 Å². The van der Waals surface area contributed by atoms with E-state index in [4.69, 9.17) is 9.73 Å². The molecule has 1 heterocycles. The molecule has 0 atom stereocenters. The van der Waals surface area contributed by atoms with E-state index in [1.165, 1.54) is 66.3 Å². The Kier molecular flexibility index (Phi) is 10.3. The molecule has 2 aromatic carbocycles. The van der Waals surface area contributed by atoms with E-state index in [9.17, 15) is 4.79 Å². The fourth-order valence-electron chi connectivity index (χ4n) is 4.97. The van der Waals surface area contributed by atoms with Crippen molar-refractivity contribution in [3.05, 3.63) is 94.8 Å². The topological polar surface area (TPSA) is 41.9 Å². The Morgan fingerprint density at radius 1 is 0.973 bits per heavy atom. The van der Waals surface area contributed by atoms with E-state index in [-0.39, 0.29) is 11.6 Å². The van der Waals surface area contributed by atoms with Crippen LogP contribution in [0.4, 0.5) is 0 Å². The molecule has 0 fully saturated rings. The third kappa shape index (κ3) is 8.45. The minimum absolute atomic E-state index is 0.225. The van der Waals surface area contributed by atoms with Crippen LogP contribution in [-0.2, 0) is 22.4 Å². The summed E-state index contributed by atoms with van der Waals surface area (Å²) in [4.78, 5) is 17.9. The van der Waals surface area contributed by atoms with Gasteiger partial charge in [-0.2, -0.15) is 0 Å². The van der Waals surface area contributed by atoms with Gasteiger partial charge in [-0.15, -0.1) is 0 Å². The number of rotatable bonds is 5. The van der Waals surface area contributed by atoms with Crippen molar-refractivity contribution in [1.82, 2.24) is 4.90 Å². The van der Waals surface area contributed by atoms with Gasteiger partial charge < -0.3 is 9.64 Å². The van der Waals surface area contributed by atoms with Crippen LogP contribution in [0, 0.1) is 0 Å². The highest BCUT2D eigenvalue weighted by molar-refractivity contribution is 6.03. The Balaban J connectivity index is 0.000000414. The number of amidine groups is 1. The molecule has 0 bridgehead atoms. The first kappa shape index (κ1) is 28.4. The van der Waals surface area contributed by atoms with Crippen LogP contribution < -0.4 is 0 Å². The third-order valence-corrected chi connectivity index (χ3v) is 6.67. The molecule has 0 radical (unpaired) electrons. The maximum absolute atomic E-state index is 10.2. The standard InChI is InChI=1S/C27H32N2.C6H12O2/c1-3-23-15-11-12-17-25(23)27-28-26-18-10-5-4-9-16-24(26)21(2)29(27)20-19-22-13-7-6-8-14-22;1-5(7)8-6(2,3)4/h6-8,11-15,17H,2-5,9-10,16,18-20H2,1H3;1-4H3. The molecule has 4 heteroatoms. The van der Waals surface area contributed by atoms with Gasteiger partial charge in [0, 0.05) is 30.4 Å². The quantitative estimate of drug-likeness (QED) is 0.390. The summed E-state index contributed by atoms with van der Waals surface area (Å²) in [6.07, 6.45) is 9.33. The summed E-state index contributed by atoms with van der Waals surface area (Å²) in [6.45, 7) is 14.7. The van der Waals surface area contributed by atoms with Crippen LogP contribution in [0.1, 0.15) is 89.8 Å². The largest absolute Gasteiger partial charge is 0.460 e. The molecule has 37 heavy (non-hydrogen) atoms. The van der Waals surface area contributed by atoms with Gasteiger partial charge in [-0.05, 0) is 76.0 Å². The second kappa shape index (κ2) is 13.4. The minimum atomic E-state index is -0.328. The Morgan fingerprint density at radius 2 is 1.62 bits per heavy atom. The van der Waals surface area contributed by atoms with Gasteiger partial charge >= 0.3 is 5.97 Å². The van der Waals surface area contributed by atoms with Gasteiger partial charge in [0.05, 0.1) is 0 Å². The Bertz CT molecular complexity index is 1120. The van der Waals surface area contributed by atoms with Crippen molar-refractivity contribution in [2.75, 3.05) is 6.54 Å². The third-order valence-electron chi connectivity index (χ3n) is 6.67. The predicted molar refractivity (Wildman–Crippen MR) is 155 cm³/mol. The van der Waals surface area contributed by atoms with E-state index in [1.54, 1.807) is 0 Å². The smallest absolute Gasteiger partial charge is 0.303 e. The lowest BCUT2D eigenvalue weighted by Gasteiger charge is -2.35. The number of esters is 1. The lowest BCUT2D eigenvalue weighted by atomic mass is 9.92. The Hall–Kier alpha value is -3.14. The average Bonchev–Trinajstić information content (AvgIpc) is 2.83. The molecule has 0 amide bonds. The second-order valence-electron chi connectivity index (χ2n) is 10.8. The summed E-state index contributed by atoms with van der Waals surface area (Å²) < 4.78 is 4.80. The number of aliphatic imine (C=N–C) groups is 1. The van der Waals surface area contributed by atoms with Crippen LogP contribution in [0.2, 0.25) is 0 Å². The normalized spacial score (nSPS) is 16.1. The van der Waals surface area contributed by atoms with Gasteiger partial charge in [0.1, 0.15) is 11.4 Å². The van der Waals surface area contributed by atoms with E-state index in [0.29, 0.717) is 0 Å². The average molecular weight is 501 g/mol. The Morgan fingerprint density at radius 3 is 2.24 bits per heavy atom. The summed E-state index contributed by atoms with van der Waals surface area (Å²) in [7, 11) is 0. The molecular formula is C33H44N2O2. The molecule has 4 nitrogen and oxygen atoms in total. The summed E-state index contributed by atoms with van der Waals surface area (Å²) >= 11 is 0. The number of aryl methyl sites for hydroxylation is 1. The number of ether oxygens (including phenoxy) is 1. The molecule has 0 aromatic heterocycles. The van der Waals surface area contributed by atoms with E-state index in [1.807, 2.05) is 20.8 Å². The van der Waals surface area contributed by atoms with Gasteiger partial charge in [0.2, 0.25) is 0 Å². The number of hydrogen-bond acceptors (Lipinski definition) is 4. The van der Waals surface area contributed by atoms with Gasteiger partial charge in [0.25, 0.3) is 0 Å². The van der Waals surface area contributed by atoms with Crippen molar-refractivity contribution in [2.45, 2.75) is 91.6 Å². The molecule has 2 aliphatic rings. The predicted octanol–water partition coefficient (Wildman–Crippen LogP) is 8.02. The van der Waals surface area contributed by atoms with E-state index in [2.05, 4.69) is 73.0 Å². The summed E-state index contributed by atoms with van der Waals surface area (Å²) in [5.41, 5.74) is 7.51. The van der Waals surface area contributed by atoms with Gasteiger partial charge in [-0.25, -0.2) is 4.99 Å². The van der Waals surface area contributed by atoms with Crippen molar-refractivity contribution in [3.8, 4) is 0 Å². The number of allylic oxidation sites excluding steroid dienone is 2. The van der Waals surface area contributed by atoms with Crippen LogP contribution in [0.15, 0.2) is 83.1 Å². The molecule has 1 aliphatic carbocycles. The second-order valence-corrected chi connectivity index (χ2v) is 10.8.